The van der Waals surface area contributed by atoms with Crippen LogP contribution in [-0.4, -0.2) is 57.3 Å². The van der Waals surface area contributed by atoms with Crippen molar-refractivity contribution in [2.24, 2.45) is 0 Å². The predicted molar refractivity (Wildman–Crippen MR) is 79.6 cm³/mol. The van der Waals surface area contributed by atoms with E-state index in [1.807, 2.05) is 12.1 Å². The Morgan fingerprint density at radius 3 is 2.77 bits per heavy atom. The van der Waals surface area contributed by atoms with Gasteiger partial charge >= 0.3 is 6.09 Å². The number of rotatable bonds is 3. The number of hydrogen-bond donors (Lipinski definition) is 1. The quantitative estimate of drug-likeness (QED) is 0.932. The van der Waals surface area contributed by atoms with E-state index in [4.69, 9.17) is 21.2 Å². The van der Waals surface area contributed by atoms with Crippen molar-refractivity contribution in [3.63, 3.8) is 0 Å². The first-order chi connectivity index (χ1) is 10.6. The molecule has 1 saturated heterocycles. The van der Waals surface area contributed by atoms with Crippen molar-refractivity contribution in [3.8, 4) is 11.5 Å². The van der Waals surface area contributed by atoms with Gasteiger partial charge in [0.15, 0.2) is 5.82 Å². The fourth-order valence-corrected chi connectivity index (χ4v) is 2.54. The maximum absolute atomic E-state index is 10.9. The smallest absolute Gasteiger partial charge is 0.407 e. The number of carboxylic acid groups (broad SMARTS) is 1. The highest BCUT2D eigenvalue weighted by atomic mass is 35.5. The van der Waals surface area contributed by atoms with Gasteiger partial charge in [-0.25, -0.2) is 4.79 Å². The average molecular weight is 323 g/mol. The number of benzene rings is 1. The van der Waals surface area contributed by atoms with Gasteiger partial charge in [0.25, 0.3) is 5.89 Å². The van der Waals surface area contributed by atoms with Crippen LogP contribution < -0.4 is 0 Å². The minimum Gasteiger partial charge on any atom is -0.465 e. The summed E-state index contributed by atoms with van der Waals surface area (Å²) in [5.41, 5.74) is 0.780. The topological polar surface area (TPSA) is 82.7 Å². The molecule has 1 aromatic heterocycles. The first kappa shape index (κ1) is 14.8. The summed E-state index contributed by atoms with van der Waals surface area (Å²) >= 11 is 5.95. The van der Waals surface area contributed by atoms with E-state index in [2.05, 4.69) is 15.0 Å². The lowest BCUT2D eigenvalue weighted by Gasteiger charge is -2.32. The molecule has 1 aromatic carbocycles. The van der Waals surface area contributed by atoms with E-state index in [1.165, 1.54) is 4.90 Å². The molecule has 1 aliphatic heterocycles. The Morgan fingerprint density at radius 1 is 1.32 bits per heavy atom. The van der Waals surface area contributed by atoms with E-state index in [-0.39, 0.29) is 0 Å². The number of carbonyl (C=O) groups is 1. The van der Waals surface area contributed by atoms with E-state index in [0.717, 1.165) is 5.56 Å². The summed E-state index contributed by atoms with van der Waals surface area (Å²) in [6, 6.07) is 7.23. The van der Waals surface area contributed by atoms with Gasteiger partial charge in [0.05, 0.1) is 6.54 Å². The van der Waals surface area contributed by atoms with E-state index in [9.17, 15) is 4.79 Å². The third-order valence-electron chi connectivity index (χ3n) is 3.55. The molecule has 0 bridgehead atoms. The van der Waals surface area contributed by atoms with Crippen molar-refractivity contribution in [2.45, 2.75) is 6.54 Å². The fraction of sp³-hybridized carbons (Fsp3) is 0.357. The Hall–Kier alpha value is -2.12. The molecule has 1 aliphatic rings. The van der Waals surface area contributed by atoms with Crippen LogP contribution in [0.15, 0.2) is 28.8 Å². The van der Waals surface area contributed by atoms with Gasteiger partial charge in [0.1, 0.15) is 0 Å². The number of aromatic nitrogens is 2. The van der Waals surface area contributed by atoms with Gasteiger partial charge in [-0.3, -0.25) is 4.90 Å². The lowest BCUT2D eigenvalue weighted by molar-refractivity contribution is 0.101. The van der Waals surface area contributed by atoms with Gasteiger partial charge in [-0.15, -0.1) is 0 Å². The molecular weight excluding hydrogens is 308 g/mol. The number of amides is 1. The minimum atomic E-state index is -0.873. The second-order valence-corrected chi connectivity index (χ2v) is 5.51. The molecule has 3 rings (SSSR count). The molecule has 0 aliphatic carbocycles. The van der Waals surface area contributed by atoms with Crippen LogP contribution in [0, 0.1) is 0 Å². The molecule has 2 heterocycles. The van der Waals surface area contributed by atoms with E-state index in [1.54, 1.807) is 12.1 Å². The number of piperazine rings is 1. The summed E-state index contributed by atoms with van der Waals surface area (Å²) in [6.07, 6.45) is -0.873. The summed E-state index contributed by atoms with van der Waals surface area (Å²) in [5, 5.41) is 13.5. The lowest BCUT2D eigenvalue weighted by Crippen LogP contribution is -2.47. The first-order valence-corrected chi connectivity index (χ1v) is 7.28. The third-order valence-corrected chi connectivity index (χ3v) is 3.78. The Kier molecular flexibility index (Phi) is 4.26. The average Bonchev–Trinajstić information content (AvgIpc) is 2.96. The molecule has 0 atom stereocenters. The molecule has 1 amide bonds. The maximum atomic E-state index is 10.9. The second-order valence-electron chi connectivity index (χ2n) is 5.07. The van der Waals surface area contributed by atoms with Gasteiger partial charge in [-0.05, 0) is 18.2 Å². The van der Waals surface area contributed by atoms with Crippen molar-refractivity contribution in [3.05, 3.63) is 35.1 Å². The Balaban J connectivity index is 1.62. The summed E-state index contributed by atoms with van der Waals surface area (Å²) in [4.78, 5) is 18.7. The molecule has 7 nitrogen and oxygen atoms in total. The molecular formula is C14H15ClN4O3. The summed E-state index contributed by atoms with van der Waals surface area (Å²) in [6.45, 7) is 2.85. The van der Waals surface area contributed by atoms with Gasteiger partial charge in [-0.1, -0.05) is 22.8 Å². The Bertz CT molecular complexity index is 668. The van der Waals surface area contributed by atoms with Crippen LogP contribution in [0.25, 0.3) is 11.5 Å². The highest BCUT2D eigenvalue weighted by Gasteiger charge is 2.21. The van der Waals surface area contributed by atoms with E-state index < -0.39 is 6.09 Å². The van der Waals surface area contributed by atoms with Crippen LogP contribution in [0.5, 0.6) is 0 Å². The van der Waals surface area contributed by atoms with Gasteiger partial charge in [0, 0.05) is 36.8 Å². The van der Waals surface area contributed by atoms with Crippen molar-refractivity contribution < 1.29 is 14.4 Å². The molecule has 2 aromatic rings. The zero-order chi connectivity index (χ0) is 15.5. The molecule has 116 valence electrons. The maximum Gasteiger partial charge on any atom is 0.407 e. The zero-order valence-corrected chi connectivity index (χ0v) is 12.5. The van der Waals surface area contributed by atoms with Crippen LogP contribution in [-0.2, 0) is 6.54 Å². The van der Waals surface area contributed by atoms with Crippen molar-refractivity contribution in [1.82, 2.24) is 19.9 Å². The van der Waals surface area contributed by atoms with Crippen molar-refractivity contribution in [2.75, 3.05) is 26.2 Å². The zero-order valence-electron chi connectivity index (χ0n) is 11.8. The molecule has 22 heavy (non-hydrogen) atoms. The minimum absolute atomic E-state index is 0.432. The third kappa shape index (κ3) is 3.37. The van der Waals surface area contributed by atoms with Crippen LogP contribution in [0.3, 0.4) is 0 Å². The number of hydrogen-bond acceptors (Lipinski definition) is 5. The lowest BCUT2D eigenvalue weighted by atomic mass is 10.2. The van der Waals surface area contributed by atoms with Gasteiger partial charge < -0.3 is 14.5 Å². The standard InChI is InChI=1S/C14H15ClN4O3/c15-11-3-1-2-10(8-11)13-16-12(17-22-13)9-18-4-6-19(7-5-18)14(20)21/h1-3,8H,4-7,9H2,(H,20,21). The normalized spacial score (nSPS) is 16.0. The predicted octanol–water partition coefficient (Wildman–Crippen LogP) is 2.19. The number of halogens is 1. The molecule has 0 spiro atoms. The largest absolute Gasteiger partial charge is 0.465 e. The fourth-order valence-electron chi connectivity index (χ4n) is 2.35. The van der Waals surface area contributed by atoms with Crippen LogP contribution in [0.4, 0.5) is 4.79 Å². The van der Waals surface area contributed by atoms with Gasteiger partial charge in [-0.2, -0.15) is 4.98 Å². The second kappa shape index (κ2) is 6.33. The van der Waals surface area contributed by atoms with E-state index in [0.29, 0.717) is 49.5 Å². The van der Waals surface area contributed by atoms with Gasteiger partial charge in [0.2, 0.25) is 0 Å². The SMILES string of the molecule is O=C(O)N1CCN(Cc2noc(-c3cccc(Cl)c3)n2)CC1. The van der Waals surface area contributed by atoms with E-state index >= 15 is 0 Å². The molecule has 1 fully saturated rings. The first-order valence-electron chi connectivity index (χ1n) is 6.90. The highest BCUT2D eigenvalue weighted by molar-refractivity contribution is 6.30. The molecule has 0 unspecified atom stereocenters. The molecule has 0 radical (unpaired) electrons. The molecule has 1 N–H and O–H groups in total. The van der Waals surface area contributed by atoms with Crippen molar-refractivity contribution >= 4 is 17.7 Å². The Labute approximate surface area is 132 Å². The van der Waals surface area contributed by atoms with Crippen LogP contribution in [0.1, 0.15) is 5.82 Å². The van der Waals surface area contributed by atoms with Crippen LogP contribution in [0.2, 0.25) is 5.02 Å². The summed E-state index contributed by atoms with van der Waals surface area (Å²) in [7, 11) is 0. The number of nitrogens with zero attached hydrogens (tertiary/aromatic N) is 4. The summed E-state index contributed by atoms with van der Waals surface area (Å²) < 4.78 is 5.26. The summed E-state index contributed by atoms with van der Waals surface area (Å²) in [5.74, 6) is 1.01. The Morgan fingerprint density at radius 2 is 2.09 bits per heavy atom. The monoisotopic (exact) mass is 322 g/mol. The highest BCUT2D eigenvalue weighted by Crippen LogP contribution is 2.21. The molecule has 0 saturated carbocycles. The van der Waals surface area contributed by atoms with Crippen molar-refractivity contribution in [1.29, 1.82) is 0 Å². The van der Waals surface area contributed by atoms with Crippen LogP contribution >= 0.6 is 11.6 Å². The molecule has 8 heteroatoms.